The minimum Gasteiger partial charge on any atom is -0.507 e. The second-order valence-electron chi connectivity index (χ2n) is 11.9. The van der Waals surface area contributed by atoms with Gasteiger partial charge in [-0.3, -0.25) is 10.2 Å². The minimum absolute atomic E-state index is 0.0938. The van der Waals surface area contributed by atoms with Crippen LogP contribution < -0.4 is 22.1 Å². The quantitative estimate of drug-likeness (QED) is 0.0437. The largest absolute Gasteiger partial charge is 0.507 e. The summed E-state index contributed by atoms with van der Waals surface area (Å²) in [5.74, 6) is -0.377. The van der Waals surface area contributed by atoms with Gasteiger partial charge in [0.1, 0.15) is 23.2 Å². The van der Waals surface area contributed by atoms with E-state index in [4.69, 9.17) is 31.1 Å². The molecule has 0 bridgehead atoms. The van der Waals surface area contributed by atoms with Gasteiger partial charge < -0.3 is 51.5 Å². The van der Waals surface area contributed by atoms with Crippen molar-refractivity contribution in [1.29, 1.82) is 5.41 Å². The van der Waals surface area contributed by atoms with Gasteiger partial charge in [0.25, 0.3) is 0 Å². The zero-order chi connectivity index (χ0) is 35.6. The van der Waals surface area contributed by atoms with Gasteiger partial charge in [-0.25, -0.2) is 9.78 Å². The van der Waals surface area contributed by atoms with Crippen molar-refractivity contribution in [3.63, 3.8) is 0 Å². The van der Waals surface area contributed by atoms with Gasteiger partial charge in [0, 0.05) is 43.0 Å². The maximum absolute atomic E-state index is 13.6. The molecule has 3 amide bonds. The molecule has 4 aromatic rings. The van der Waals surface area contributed by atoms with Gasteiger partial charge in [-0.1, -0.05) is 6.07 Å². The number of H-pyrrole nitrogens is 1. The van der Waals surface area contributed by atoms with E-state index in [1.165, 1.54) is 6.07 Å². The number of nitrogens with two attached hydrogens (primary N) is 2. The van der Waals surface area contributed by atoms with Crippen LogP contribution in [0.1, 0.15) is 43.9 Å². The molecule has 1 heterocycles. The summed E-state index contributed by atoms with van der Waals surface area (Å²) in [6.45, 7) is 8.99. The highest BCUT2D eigenvalue weighted by molar-refractivity contribution is 5.98. The van der Waals surface area contributed by atoms with E-state index in [9.17, 15) is 19.8 Å². The first kappa shape index (κ1) is 36.7. The molecule has 0 spiro atoms. The summed E-state index contributed by atoms with van der Waals surface area (Å²) >= 11 is 0. The molecule has 262 valence electrons. The van der Waals surface area contributed by atoms with E-state index < -0.39 is 11.4 Å². The number of aromatic nitrogens is 2. The van der Waals surface area contributed by atoms with Crippen LogP contribution in [0.5, 0.6) is 11.5 Å². The van der Waals surface area contributed by atoms with E-state index in [0.717, 1.165) is 0 Å². The Morgan fingerprint density at radius 1 is 0.898 bits per heavy atom. The van der Waals surface area contributed by atoms with Gasteiger partial charge in [0.2, 0.25) is 5.91 Å². The molecule has 0 aliphatic heterocycles. The molecule has 0 fully saturated rings. The van der Waals surface area contributed by atoms with Gasteiger partial charge in [-0.05, 0) is 80.8 Å². The van der Waals surface area contributed by atoms with E-state index in [1.807, 2.05) is 6.92 Å². The number of hydrogen-bond acceptors (Lipinski definition) is 9. The number of hydrogen-bond donors (Lipinski definition) is 8. The highest BCUT2D eigenvalue weighted by atomic mass is 16.5. The molecule has 4 rings (SSSR count). The number of aromatic hydroxyl groups is 2. The molecule has 0 saturated carbocycles. The lowest BCUT2D eigenvalue weighted by Gasteiger charge is -2.26. The summed E-state index contributed by atoms with van der Waals surface area (Å²) < 4.78 is 16.3. The maximum atomic E-state index is 13.6. The molecule has 10 N–H and O–H groups in total. The third-order valence-corrected chi connectivity index (χ3v) is 7.96. The van der Waals surface area contributed by atoms with Gasteiger partial charge in [0.15, 0.2) is 0 Å². The number of carbonyl (C=O) groups excluding carboxylic acids is 2. The lowest BCUT2D eigenvalue weighted by molar-refractivity contribution is -0.125. The van der Waals surface area contributed by atoms with Gasteiger partial charge in [0.05, 0.1) is 48.4 Å². The molecule has 1 aromatic heterocycles. The Bertz CT molecular complexity index is 1790. The Kier molecular flexibility index (Phi) is 12.5. The Morgan fingerprint density at radius 3 is 2.29 bits per heavy atom. The minimum atomic E-state index is -1.10. The number of phenolic OH excluding ortho intramolecular Hbond substituents is 2. The van der Waals surface area contributed by atoms with E-state index in [-0.39, 0.29) is 46.5 Å². The number of ether oxygens (including phenoxy) is 3. The summed E-state index contributed by atoms with van der Waals surface area (Å²) in [6.07, 6.45) is 0.591. The Balaban J connectivity index is 1.62. The van der Waals surface area contributed by atoms with Crippen LogP contribution in [0.4, 0.5) is 4.79 Å². The molecule has 0 unspecified atom stereocenters. The molecular weight excluding hydrogens is 630 g/mol. The van der Waals surface area contributed by atoms with Crippen LogP contribution in [0.3, 0.4) is 0 Å². The topological polar surface area (TPSA) is 231 Å². The van der Waals surface area contributed by atoms with E-state index in [2.05, 4.69) is 20.6 Å². The number of fused-ring (bicyclic) bond motifs is 1. The Morgan fingerprint density at radius 2 is 1.59 bits per heavy atom. The van der Waals surface area contributed by atoms with Crippen molar-refractivity contribution < 1.29 is 34.0 Å². The number of rotatable bonds is 18. The number of amides is 3. The Labute approximate surface area is 284 Å². The van der Waals surface area contributed by atoms with Crippen LogP contribution in [-0.4, -0.2) is 84.1 Å². The predicted molar refractivity (Wildman–Crippen MR) is 187 cm³/mol. The number of nitrogens with zero attached hydrogens (tertiary/aromatic N) is 1. The third kappa shape index (κ3) is 9.47. The zero-order valence-electron chi connectivity index (χ0n) is 28.0. The highest BCUT2D eigenvalue weighted by Gasteiger charge is 2.32. The van der Waals surface area contributed by atoms with Gasteiger partial charge in [-0.2, -0.15) is 0 Å². The fraction of sp³-hybridized carbons (Fsp3) is 0.371. The van der Waals surface area contributed by atoms with Crippen molar-refractivity contribution >= 4 is 28.8 Å². The van der Waals surface area contributed by atoms with Crippen molar-refractivity contribution in [3.05, 3.63) is 65.2 Å². The number of nitrogens with one attached hydrogen (secondary N) is 4. The molecule has 14 nitrogen and oxygen atoms in total. The van der Waals surface area contributed by atoms with Crippen LogP contribution in [-0.2, 0) is 31.0 Å². The number of aromatic amines is 1. The number of phenols is 2. The second-order valence-corrected chi connectivity index (χ2v) is 11.9. The average molecular weight is 676 g/mol. The molecular formula is C35H45N7O7. The van der Waals surface area contributed by atoms with Crippen LogP contribution in [0, 0.1) is 5.41 Å². The molecule has 0 aliphatic carbocycles. The van der Waals surface area contributed by atoms with Crippen molar-refractivity contribution in [3.8, 4) is 34.0 Å². The first-order valence-electron chi connectivity index (χ1n) is 16.0. The molecule has 0 aliphatic rings. The van der Waals surface area contributed by atoms with Crippen molar-refractivity contribution in [2.24, 2.45) is 11.5 Å². The normalized spacial score (nSPS) is 11.5. The summed E-state index contributed by atoms with van der Waals surface area (Å²) in [4.78, 5) is 32.8. The number of nitrogen functional groups attached to an aromatic ring is 1. The number of imidazole rings is 1. The molecule has 3 aromatic carbocycles. The highest BCUT2D eigenvalue weighted by Crippen LogP contribution is 2.44. The molecule has 14 heteroatoms. The smallest absolute Gasteiger partial charge is 0.312 e. The number of urea groups is 1. The van der Waals surface area contributed by atoms with E-state index in [0.29, 0.717) is 86.2 Å². The zero-order valence-corrected chi connectivity index (χ0v) is 28.0. The van der Waals surface area contributed by atoms with Crippen LogP contribution in [0.2, 0.25) is 0 Å². The fourth-order valence-electron chi connectivity index (χ4n) is 5.10. The summed E-state index contributed by atoms with van der Waals surface area (Å²) in [5.41, 5.74) is 13.5. The molecule has 49 heavy (non-hydrogen) atoms. The van der Waals surface area contributed by atoms with Gasteiger partial charge >= 0.3 is 6.03 Å². The number of primary amides is 1. The van der Waals surface area contributed by atoms with Gasteiger partial charge in [-0.15, -0.1) is 0 Å². The number of benzene rings is 3. The lowest BCUT2D eigenvalue weighted by Crippen LogP contribution is -2.40. The lowest BCUT2D eigenvalue weighted by atomic mass is 9.80. The standard InChI is InChI=1S/C35H45N7O7/c1-4-47-12-13-49-15-14-48-11-5-10-39-33(45)35(2,3)23-18-25(24-16-21(6-9-29(24)43)20-40-34(38)46)30(44)26(19-23)32-41-27-8-7-22(31(36)37)17-28(27)42-32/h6-9,16-19,43-44H,4-5,10-15,20H2,1-3H3,(H3,36,37)(H,39,45)(H,41,42)(H3,38,40,46). The molecule has 0 saturated heterocycles. The van der Waals surface area contributed by atoms with Crippen LogP contribution in [0.15, 0.2) is 48.5 Å². The Hall–Kier alpha value is -5.18. The maximum Gasteiger partial charge on any atom is 0.312 e. The SMILES string of the molecule is CCOCCOCCOCCCNC(=O)C(C)(C)c1cc(-c2nc3ccc(C(=N)N)cc3[nH]2)c(O)c(-c2cc(CNC(N)=O)ccc2O)c1. The third-order valence-electron chi connectivity index (χ3n) is 7.96. The predicted octanol–water partition coefficient (Wildman–Crippen LogP) is 3.61. The van der Waals surface area contributed by atoms with Crippen molar-refractivity contribution in [2.75, 3.05) is 46.2 Å². The fourth-order valence-corrected chi connectivity index (χ4v) is 5.10. The molecule has 0 atom stereocenters. The summed E-state index contributed by atoms with van der Waals surface area (Å²) in [7, 11) is 0. The first-order chi connectivity index (χ1) is 23.4. The molecule has 0 radical (unpaired) electrons. The van der Waals surface area contributed by atoms with Crippen LogP contribution in [0.25, 0.3) is 33.5 Å². The van der Waals surface area contributed by atoms with Crippen molar-refractivity contribution in [2.45, 2.75) is 39.2 Å². The number of carbonyl (C=O) groups is 2. The van der Waals surface area contributed by atoms with E-state index >= 15 is 0 Å². The average Bonchev–Trinajstić information content (AvgIpc) is 3.50. The summed E-state index contributed by atoms with van der Waals surface area (Å²) in [5, 5.41) is 35.9. The monoisotopic (exact) mass is 675 g/mol. The summed E-state index contributed by atoms with van der Waals surface area (Å²) in [6, 6.07) is 12.4. The van der Waals surface area contributed by atoms with Crippen LogP contribution >= 0.6 is 0 Å². The first-order valence-corrected chi connectivity index (χ1v) is 16.0. The van der Waals surface area contributed by atoms with Crippen molar-refractivity contribution in [1.82, 2.24) is 20.6 Å². The second kappa shape index (κ2) is 16.8. The number of amidine groups is 1. The van der Waals surface area contributed by atoms with E-state index in [1.54, 1.807) is 56.3 Å².